The molecule has 1 amide bonds. The topological polar surface area (TPSA) is 66.8 Å². The van der Waals surface area contributed by atoms with Crippen molar-refractivity contribution in [2.45, 2.75) is 85.6 Å². The zero-order valence-electron chi connectivity index (χ0n) is 20.6. The van der Waals surface area contributed by atoms with Gasteiger partial charge in [0.15, 0.2) is 6.10 Å². The molecular formula is C28H35NO4. The van der Waals surface area contributed by atoms with E-state index in [1.807, 2.05) is 51.7 Å². The summed E-state index contributed by atoms with van der Waals surface area (Å²) in [5.41, 5.74) is 7.32. The quantitative estimate of drug-likeness (QED) is 0.621. The van der Waals surface area contributed by atoms with Crippen molar-refractivity contribution in [3.8, 4) is 11.1 Å². The van der Waals surface area contributed by atoms with E-state index in [0.29, 0.717) is 18.7 Å². The lowest BCUT2D eigenvalue weighted by molar-refractivity contribution is -0.160. The van der Waals surface area contributed by atoms with Gasteiger partial charge in [0.25, 0.3) is 0 Å². The standard InChI is InChI=1S/C28H35NO4/c1-16-10-12-19(13-11-16)23-17(2)21-14-29(26(30)20-8-7-9-20)15-22(21)18(3)24(23)25(27(31)32)33-28(4,5)6/h10-13,20,25H,7-9,14-15H2,1-6H3,(H,31,32)/t25-/m0/s1. The predicted octanol–water partition coefficient (Wildman–Crippen LogP) is 5.86. The van der Waals surface area contributed by atoms with Crippen LogP contribution in [0.5, 0.6) is 0 Å². The zero-order valence-corrected chi connectivity index (χ0v) is 20.6. The molecule has 176 valence electrons. The van der Waals surface area contributed by atoms with Crippen molar-refractivity contribution in [3.63, 3.8) is 0 Å². The highest BCUT2D eigenvalue weighted by Crippen LogP contribution is 2.44. The van der Waals surface area contributed by atoms with Crippen molar-refractivity contribution < 1.29 is 19.4 Å². The number of nitrogens with zero attached hydrogens (tertiary/aromatic N) is 1. The van der Waals surface area contributed by atoms with Crippen LogP contribution in [-0.2, 0) is 27.4 Å². The number of benzene rings is 2. The van der Waals surface area contributed by atoms with Crippen LogP contribution in [0.3, 0.4) is 0 Å². The lowest BCUT2D eigenvalue weighted by atomic mass is 9.83. The number of hydrogen-bond acceptors (Lipinski definition) is 3. The molecule has 1 saturated carbocycles. The fourth-order valence-electron chi connectivity index (χ4n) is 5.10. The first-order valence-electron chi connectivity index (χ1n) is 11.9. The van der Waals surface area contributed by atoms with Gasteiger partial charge in [0, 0.05) is 24.6 Å². The van der Waals surface area contributed by atoms with Gasteiger partial charge >= 0.3 is 5.97 Å². The van der Waals surface area contributed by atoms with Crippen molar-refractivity contribution in [1.82, 2.24) is 4.90 Å². The number of carbonyl (C=O) groups is 2. The van der Waals surface area contributed by atoms with Crippen LogP contribution in [-0.4, -0.2) is 27.5 Å². The third kappa shape index (κ3) is 4.43. The highest BCUT2D eigenvalue weighted by molar-refractivity contribution is 5.85. The Balaban J connectivity index is 1.90. The molecule has 1 heterocycles. The van der Waals surface area contributed by atoms with E-state index in [-0.39, 0.29) is 11.8 Å². The highest BCUT2D eigenvalue weighted by atomic mass is 16.5. The van der Waals surface area contributed by atoms with Gasteiger partial charge in [0.05, 0.1) is 5.60 Å². The Morgan fingerprint density at radius 3 is 2.06 bits per heavy atom. The van der Waals surface area contributed by atoms with Crippen LogP contribution in [0.15, 0.2) is 24.3 Å². The Morgan fingerprint density at radius 2 is 1.58 bits per heavy atom. The lowest BCUT2D eigenvalue weighted by Crippen LogP contribution is -2.35. The summed E-state index contributed by atoms with van der Waals surface area (Å²) in [5.74, 6) is -0.622. The maximum Gasteiger partial charge on any atom is 0.337 e. The minimum atomic E-state index is -1.10. The van der Waals surface area contributed by atoms with E-state index < -0.39 is 17.7 Å². The van der Waals surface area contributed by atoms with Crippen molar-refractivity contribution in [1.29, 1.82) is 0 Å². The number of carboxylic acids is 1. The number of aryl methyl sites for hydroxylation is 1. The number of amides is 1. The number of ether oxygens (including phenoxy) is 1. The molecule has 0 bridgehead atoms. The van der Waals surface area contributed by atoms with E-state index in [9.17, 15) is 14.7 Å². The summed E-state index contributed by atoms with van der Waals surface area (Å²) in [6.07, 6.45) is 1.98. The third-order valence-electron chi connectivity index (χ3n) is 7.08. The molecule has 5 nitrogen and oxygen atoms in total. The van der Waals surface area contributed by atoms with Gasteiger partial charge in [-0.3, -0.25) is 4.79 Å². The van der Waals surface area contributed by atoms with Crippen molar-refractivity contribution in [2.24, 2.45) is 5.92 Å². The predicted molar refractivity (Wildman–Crippen MR) is 129 cm³/mol. The molecule has 0 saturated heterocycles. The van der Waals surface area contributed by atoms with E-state index in [0.717, 1.165) is 58.2 Å². The summed E-state index contributed by atoms with van der Waals surface area (Å²) in [6, 6.07) is 8.20. The molecule has 1 aliphatic heterocycles. The fraction of sp³-hybridized carbons (Fsp3) is 0.500. The molecule has 0 aromatic heterocycles. The number of aliphatic carboxylic acids is 1. The fourth-order valence-corrected chi connectivity index (χ4v) is 5.10. The monoisotopic (exact) mass is 449 g/mol. The molecule has 1 N–H and O–H groups in total. The van der Waals surface area contributed by atoms with Crippen LogP contribution < -0.4 is 0 Å². The first-order chi connectivity index (χ1) is 15.5. The molecule has 1 atom stereocenters. The average Bonchev–Trinajstić information content (AvgIpc) is 3.14. The van der Waals surface area contributed by atoms with Crippen LogP contribution in [0.1, 0.15) is 79.5 Å². The van der Waals surface area contributed by atoms with Crippen molar-refractivity contribution in [3.05, 3.63) is 57.6 Å². The molecule has 0 unspecified atom stereocenters. The van der Waals surface area contributed by atoms with Crippen LogP contribution in [0.2, 0.25) is 0 Å². The lowest BCUT2D eigenvalue weighted by Gasteiger charge is -2.30. The molecule has 4 rings (SSSR count). The number of carbonyl (C=O) groups excluding carboxylic acids is 1. The smallest absolute Gasteiger partial charge is 0.337 e. The van der Waals surface area contributed by atoms with Crippen LogP contribution >= 0.6 is 0 Å². The second kappa shape index (κ2) is 8.60. The van der Waals surface area contributed by atoms with E-state index in [2.05, 4.69) is 19.1 Å². The zero-order chi connectivity index (χ0) is 24.1. The molecule has 2 aromatic rings. The highest BCUT2D eigenvalue weighted by Gasteiger charge is 2.38. The molecule has 33 heavy (non-hydrogen) atoms. The summed E-state index contributed by atoms with van der Waals surface area (Å²) in [5, 5.41) is 10.2. The first-order valence-corrected chi connectivity index (χ1v) is 11.9. The Hall–Kier alpha value is -2.66. The largest absolute Gasteiger partial charge is 0.479 e. The van der Waals surface area contributed by atoms with Gasteiger partial charge in [-0.1, -0.05) is 36.2 Å². The second-order valence-corrected chi connectivity index (χ2v) is 10.6. The third-order valence-corrected chi connectivity index (χ3v) is 7.08. The SMILES string of the molecule is Cc1ccc(-c2c(C)c3c(c(C)c2[C@H](OC(C)(C)C)C(=O)O)CN(C(=O)C2CCC2)C3)cc1. The maximum absolute atomic E-state index is 13.0. The van der Waals surface area contributed by atoms with E-state index in [1.165, 1.54) is 0 Å². The molecule has 1 fully saturated rings. The van der Waals surface area contributed by atoms with Gasteiger partial charge in [-0.25, -0.2) is 4.79 Å². The molecule has 2 aliphatic rings. The van der Waals surface area contributed by atoms with Gasteiger partial charge in [-0.15, -0.1) is 0 Å². The minimum absolute atomic E-state index is 0.145. The number of carboxylic acid groups (broad SMARTS) is 1. The van der Waals surface area contributed by atoms with E-state index in [4.69, 9.17) is 4.74 Å². The maximum atomic E-state index is 13.0. The van der Waals surface area contributed by atoms with Gasteiger partial charge < -0.3 is 14.7 Å². The molecule has 1 aliphatic carbocycles. The summed E-state index contributed by atoms with van der Waals surface area (Å²) < 4.78 is 6.13. The molecule has 5 heteroatoms. The van der Waals surface area contributed by atoms with Crippen molar-refractivity contribution in [2.75, 3.05) is 0 Å². The Morgan fingerprint density at radius 1 is 1.00 bits per heavy atom. The number of fused-ring (bicyclic) bond motifs is 1. The molecule has 0 spiro atoms. The Bertz CT molecular complexity index is 1090. The van der Waals surface area contributed by atoms with E-state index >= 15 is 0 Å². The molecule has 0 radical (unpaired) electrons. The van der Waals surface area contributed by atoms with Crippen LogP contribution in [0.25, 0.3) is 11.1 Å². The second-order valence-electron chi connectivity index (χ2n) is 10.6. The van der Waals surface area contributed by atoms with Gasteiger partial charge in [0.2, 0.25) is 5.91 Å². The van der Waals surface area contributed by atoms with Crippen LogP contribution in [0, 0.1) is 26.7 Å². The minimum Gasteiger partial charge on any atom is -0.479 e. The first kappa shape index (κ1) is 23.5. The Kier molecular flexibility index (Phi) is 6.12. The van der Waals surface area contributed by atoms with Crippen LogP contribution in [0.4, 0.5) is 0 Å². The normalized spacial score (nSPS) is 17.0. The number of rotatable bonds is 5. The van der Waals surface area contributed by atoms with Gasteiger partial charge in [-0.2, -0.15) is 0 Å². The molecule has 2 aromatic carbocycles. The molecular weight excluding hydrogens is 414 g/mol. The summed E-state index contributed by atoms with van der Waals surface area (Å²) in [4.78, 5) is 27.5. The van der Waals surface area contributed by atoms with Gasteiger partial charge in [-0.05, 0) is 87.8 Å². The summed E-state index contributed by atoms with van der Waals surface area (Å²) >= 11 is 0. The summed E-state index contributed by atoms with van der Waals surface area (Å²) in [7, 11) is 0. The van der Waals surface area contributed by atoms with E-state index in [1.54, 1.807) is 0 Å². The number of hydrogen-bond donors (Lipinski definition) is 1. The average molecular weight is 450 g/mol. The van der Waals surface area contributed by atoms with Gasteiger partial charge in [0.1, 0.15) is 0 Å². The summed E-state index contributed by atoms with van der Waals surface area (Å²) in [6.45, 7) is 12.9. The Labute approximate surface area is 196 Å². The van der Waals surface area contributed by atoms with Crippen molar-refractivity contribution >= 4 is 11.9 Å².